The Bertz CT molecular complexity index is 1600. The van der Waals surface area contributed by atoms with Gasteiger partial charge in [0.1, 0.15) is 28.8 Å². The van der Waals surface area contributed by atoms with Gasteiger partial charge in [0, 0.05) is 37.6 Å². The van der Waals surface area contributed by atoms with Gasteiger partial charge in [0.15, 0.2) is 15.5 Å². The van der Waals surface area contributed by atoms with E-state index >= 15 is 0 Å². The standard InChI is InChI=1S/C22H22N6O5S/c1-27-18-15(5-8-23-20(18)33-12-22(6-7-22)34(2,31)32)9-16(21(27)30)19(29)24-10-14-3-4-17-26-25-13-28(17)11-14/h3-5,8-9,11,13H,6-7,10,12H2,1-2H3,(H,24,29). The highest BCUT2D eigenvalue weighted by Crippen LogP contribution is 2.43. The van der Waals surface area contributed by atoms with Gasteiger partial charge in [-0.3, -0.25) is 14.0 Å². The maximum absolute atomic E-state index is 13.0. The monoisotopic (exact) mass is 482 g/mol. The summed E-state index contributed by atoms with van der Waals surface area (Å²) in [4.78, 5) is 30.0. The van der Waals surface area contributed by atoms with Crippen molar-refractivity contribution in [2.75, 3.05) is 12.9 Å². The molecule has 1 amide bonds. The van der Waals surface area contributed by atoms with Crippen molar-refractivity contribution < 1.29 is 17.9 Å². The minimum absolute atomic E-state index is 0.0210. The number of amides is 1. The average molecular weight is 483 g/mol. The molecule has 0 radical (unpaired) electrons. The van der Waals surface area contributed by atoms with Crippen LogP contribution in [-0.4, -0.2) is 56.1 Å². The molecule has 0 unspecified atom stereocenters. The Morgan fingerprint density at radius 1 is 1.26 bits per heavy atom. The van der Waals surface area contributed by atoms with E-state index in [-0.39, 0.29) is 24.6 Å². The van der Waals surface area contributed by atoms with E-state index in [1.165, 1.54) is 30.1 Å². The Kier molecular flexibility index (Phi) is 5.12. The number of carbonyl (C=O) groups excluding carboxylic acids is 1. The molecular weight excluding hydrogens is 460 g/mol. The topological polar surface area (TPSA) is 138 Å². The third-order valence-electron chi connectivity index (χ3n) is 6.21. The second-order valence-corrected chi connectivity index (χ2v) is 10.9. The van der Waals surface area contributed by atoms with E-state index in [2.05, 4.69) is 20.5 Å². The molecule has 0 atom stereocenters. The van der Waals surface area contributed by atoms with Gasteiger partial charge in [0.05, 0.1) is 0 Å². The number of carbonyl (C=O) groups is 1. The molecule has 5 rings (SSSR count). The van der Waals surface area contributed by atoms with Crippen LogP contribution in [0.4, 0.5) is 0 Å². The zero-order valence-electron chi connectivity index (χ0n) is 18.6. The normalized spacial score (nSPS) is 14.9. The fourth-order valence-corrected chi connectivity index (χ4v) is 5.00. The van der Waals surface area contributed by atoms with Crippen LogP contribution in [-0.2, 0) is 23.4 Å². The molecule has 1 N–H and O–H groups in total. The van der Waals surface area contributed by atoms with Crippen molar-refractivity contribution in [3.63, 3.8) is 0 Å². The molecule has 34 heavy (non-hydrogen) atoms. The Balaban J connectivity index is 1.40. The van der Waals surface area contributed by atoms with Gasteiger partial charge in [-0.25, -0.2) is 13.4 Å². The summed E-state index contributed by atoms with van der Waals surface area (Å²) in [6.45, 7) is 0.178. The second-order valence-electron chi connectivity index (χ2n) is 8.54. The predicted octanol–water partition coefficient (Wildman–Crippen LogP) is 0.862. The summed E-state index contributed by atoms with van der Waals surface area (Å²) in [5.74, 6) is -0.360. The van der Waals surface area contributed by atoms with Gasteiger partial charge in [-0.2, -0.15) is 0 Å². The van der Waals surface area contributed by atoms with Gasteiger partial charge in [0.2, 0.25) is 5.88 Å². The van der Waals surface area contributed by atoms with E-state index in [0.29, 0.717) is 29.4 Å². The lowest BCUT2D eigenvalue weighted by Gasteiger charge is -2.16. The number of aromatic nitrogens is 5. The molecule has 0 saturated heterocycles. The van der Waals surface area contributed by atoms with Crippen molar-refractivity contribution in [2.24, 2.45) is 7.05 Å². The lowest BCUT2D eigenvalue weighted by atomic mass is 10.1. The molecule has 1 fully saturated rings. The second kappa shape index (κ2) is 7.90. The largest absolute Gasteiger partial charge is 0.474 e. The summed E-state index contributed by atoms with van der Waals surface area (Å²) in [6.07, 6.45) is 7.12. The number of pyridine rings is 3. The van der Waals surface area contributed by atoms with E-state index in [0.717, 1.165) is 5.56 Å². The number of sulfone groups is 1. The number of hydrogen-bond donors (Lipinski definition) is 1. The summed E-state index contributed by atoms with van der Waals surface area (Å²) in [7, 11) is -1.74. The van der Waals surface area contributed by atoms with Crippen LogP contribution in [0.3, 0.4) is 0 Å². The Labute approximate surface area is 194 Å². The van der Waals surface area contributed by atoms with Gasteiger partial charge in [-0.15, -0.1) is 10.2 Å². The number of fused-ring (bicyclic) bond motifs is 2. The molecule has 12 heteroatoms. The average Bonchev–Trinajstić information content (AvgIpc) is 3.48. The Morgan fingerprint density at radius 2 is 2.06 bits per heavy atom. The van der Waals surface area contributed by atoms with Crippen molar-refractivity contribution >= 4 is 32.3 Å². The SMILES string of the molecule is Cn1c(=O)c(C(=O)NCc2ccc3nncn3c2)cc2ccnc(OCC3(S(C)(=O)=O)CC3)c21. The van der Waals surface area contributed by atoms with Crippen molar-refractivity contribution in [1.82, 2.24) is 29.5 Å². The van der Waals surface area contributed by atoms with Gasteiger partial charge < -0.3 is 14.6 Å². The highest BCUT2D eigenvalue weighted by atomic mass is 32.2. The van der Waals surface area contributed by atoms with Gasteiger partial charge in [-0.1, -0.05) is 6.07 Å². The number of nitrogens with one attached hydrogen (secondary N) is 1. The quantitative estimate of drug-likeness (QED) is 0.409. The van der Waals surface area contributed by atoms with Crippen LogP contribution >= 0.6 is 0 Å². The lowest BCUT2D eigenvalue weighted by Crippen LogP contribution is -2.32. The summed E-state index contributed by atoms with van der Waals surface area (Å²) in [6, 6.07) is 6.77. The zero-order chi connectivity index (χ0) is 24.1. The summed E-state index contributed by atoms with van der Waals surface area (Å²) >= 11 is 0. The van der Waals surface area contributed by atoms with Gasteiger partial charge in [0.25, 0.3) is 11.5 Å². The van der Waals surface area contributed by atoms with Crippen molar-refractivity contribution in [3.8, 4) is 5.88 Å². The predicted molar refractivity (Wildman–Crippen MR) is 123 cm³/mol. The molecule has 4 aromatic rings. The fraction of sp³-hybridized carbons (Fsp3) is 0.318. The van der Waals surface area contributed by atoms with Crippen LogP contribution in [0.25, 0.3) is 16.6 Å². The highest BCUT2D eigenvalue weighted by Gasteiger charge is 2.53. The molecular formula is C22H22N6O5S. The number of hydrogen-bond acceptors (Lipinski definition) is 8. The maximum Gasteiger partial charge on any atom is 0.263 e. The molecule has 0 spiro atoms. The first kappa shape index (κ1) is 22.0. The smallest absolute Gasteiger partial charge is 0.263 e. The van der Waals surface area contributed by atoms with Crippen LogP contribution in [0.2, 0.25) is 0 Å². The molecule has 0 bridgehead atoms. The maximum atomic E-state index is 13.0. The van der Waals surface area contributed by atoms with E-state index in [4.69, 9.17) is 4.74 Å². The van der Waals surface area contributed by atoms with Crippen molar-refractivity contribution in [3.05, 3.63) is 64.5 Å². The first-order chi connectivity index (χ1) is 16.2. The molecule has 0 aliphatic heterocycles. The Hall–Kier alpha value is -3.80. The van der Waals surface area contributed by atoms with Crippen LogP contribution in [0, 0.1) is 0 Å². The van der Waals surface area contributed by atoms with Crippen molar-refractivity contribution in [2.45, 2.75) is 24.1 Å². The highest BCUT2D eigenvalue weighted by molar-refractivity contribution is 7.92. The Morgan fingerprint density at radius 3 is 2.79 bits per heavy atom. The van der Waals surface area contributed by atoms with Crippen LogP contribution in [0.15, 0.2) is 47.8 Å². The molecule has 1 aliphatic carbocycles. The molecule has 0 aromatic carbocycles. The number of nitrogens with zero attached hydrogens (tertiary/aromatic N) is 5. The van der Waals surface area contributed by atoms with Gasteiger partial charge in [-0.05, 0) is 36.6 Å². The van der Waals surface area contributed by atoms with Crippen LogP contribution in [0.1, 0.15) is 28.8 Å². The third-order valence-corrected chi connectivity index (χ3v) is 8.31. The van der Waals surface area contributed by atoms with E-state index in [1.807, 2.05) is 6.07 Å². The molecule has 176 valence electrons. The summed E-state index contributed by atoms with van der Waals surface area (Å²) < 4.78 is 32.0. The molecule has 4 heterocycles. The number of rotatable bonds is 7. The number of aryl methyl sites for hydroxylation is 1. The lowest BCUT2D eigenvalue weighted by molar-refractivity contribution is 0.0949. The molecule has 11 nitrogen and oxygen atoms in total. The van der Waals surface area contributed by atoms with E-state index in [9.17, 15) is 18.0 Å². The third kappa shape index (κ3) is 3.79. The molecule has 4 aromatic heterocycles. The van der Waals surface area contributed by atoms with Gasteiger partial charge >= 0.3 is 0 Å². The summed E-state index contributed by atoms with van der Waals surface area (Å²) in [5, 5.41) is 11.1. The minimum atomic E-state index is -3.27. The van der Waals surface area contributed by atoms with E-state index in [1.54, 1.807) is 29.1 Å². The first-order valence-corrected chi connectivity index (χ1v) is 12.5. The van der Waals surface area contributed by atoms with Crippen LogP contribution in [0.5, 0.6) is 5.88 Å². The molecule has 1 aliphatic rings. The summed E-state index contributed by atoms with van der Waals surface area (Å²) in [5.41, 5.74) is 1.37. The van der Waals surface area contributed by atoms with Crippen molar-refractivity contribution in [1.29, 1.82) is 0 Å². The molecule has 1 saturated carbocycles. The minimum Gasteiger partial charge on any atom is -0.474 e. The van der Waals surface area contributed by atoms with E-state index < -0.39 is 26.1 Å². The van der Waals surface area contributed by atoms with Crippen LogP contribution < -0.4 is 15.6 Å². The number of ether oxygens (including phenoxy) is 1. The zero-order valence-corrected chi connectivity index (χ0v) is 19.4. The first-order valence-electron chi connectivity index (χ1n) is 10.6. The fourth-order valence-electron chi connectivity index (χ4n) is 3.89.